The quantitative estimate of drug-likeness (QED) is 0.631. The van der Waals surface area contributed by atoms with Crippen molar-refractivity contribution in [3.63, 3.8) is 0 Å². The lowest BCUT2D eigenvalue weighted by Crippen LogP contribution is -2.42. The summed E-state index contributed by atoms with van der Waals surface area (Å²) in [5.41, 5.74) is -0.00480. The van der Waals surface area contributed by atoms with Crippen molar-refractivity contribution in [1.82, 2.24) is 5.32 Å². The van der Waals surface area contributed by atoms with Gasteiger partial charge in [0.25, 0.3) is 11.8 Å². The standard InChI is InChI=1S/C12H9ClN2O4/c1-19-15-9-10(16)8(11(17)14-12(9)18)6-2-4-7(13)5-3-6/h2-5,16H,1H3,(H,14,17,18)/b15-9-. The van der Waals surface area contributed by atoms with Crippen LogP contribution in [-0.4, -0.2) is 29.7 Å². The van der Waals surface area contributed by atoms with E-state index in [4.69, 9.17) is 11.6 Å². The van der Waals surface area contributed by atoms with Crippen LogP contribution in [0.3, 0.4) is 0 Å². The van der Waals surface area contributed by atoms with E-state index in [-0.39, 0.29) is 11.3 Å². The van der Waals surface area contributed by atoms with E-state index in [0.29, 0.717) is 10.6 Å². The van der Waals surface area contributed by atoms with E-state index in [1.54, 1.807) is 24.3 Å². The fourth-order valence-electron chi connectivity index (χ4n) is 1.62. The second-order valence-electron chi connectivity index (χ2n) is 3.64. The van der Waals surface area contributed by atoms with E-state index in [1.807, 2.05) is 0 Å². The summed E-state index contributed by atoms with van der Waals surface area (Å²) >= 11 is 5.75. The smallest absolute Gasteiger partial charge is 0.284 e. The number of rotatable bonds is 2. The third kappa shape index (κ3) is 2.43. The Kier molecular flexibility index (Phi) is 3.52. The highest BCUT2D eigenvalue weighted by Gasteiger charge is 2.33. The van der Waals surface area contributed by atoms with Gasteiger partial charge < -0.3 is 9.94 Å². The first-order chi connectivity index (χ1) is 9.04. The topological polar surface area (TPSA) is 88.0 Å². The predicted octanol–water partition coefficient (Wildman–Crippen LogP) is 1.27. The third-order valence-electron chi connectivity index (χ3n) is 2.45. The Morgan fingerprint density at radius 3 is 2.42 bits per heavy atom. The number of hydrogen-bond acceptors (Lipinski definition) is 5. The van der Waals surface area contributed by atoms with Gasteiger partial charge in [0, 0.05) is 5.02 Å². The van der Waals surface area contributed by atoms with Crippen molar-refractivity contribution in [2.75, 3.05) is 7.11 Å². The second-order valence-corrected chi connectivity index (χ2v) is 4.07. The number of hydrogen-bond donors (Lipinski definition) is 2. The van der Waals surface area contributed by atoms with Crippen LogP contribution in [0.15, 0.2) is 35.2 Å². The number of imide groups is 1. The van der Waals surface area contributed by atoms with Gasteiger partial charge in [0.15, 0.2) is 5.76 Å². The van der Waals surface area contributed by atoms with Crippen molar-refractivity contribution in [2.45, 2.75) is 0 Å². The number of nitrogens with zero attached hydrogens (tertiary/aromatic N) is 1. The van der Waals surface area contributed by atoms with Crippen LogP contribution in [0.1, 0.15) is 5.56 Å². The van der Waals surface area contributed by atoms with Crippen LogP contribution in [0.2, 0.25) is 5.02 Å². The van der Waals surface area contributed by atoms with Crippen molar-refractivity contribution >= 4 is 34.7 Å². The predicted molar refractivity (Wildman–Crippen MR) is 68.6 cm³/mol. The van der Waals surface area contributed by atoms with E-state index in [2.05, 4.69) is 15.3 Å². The highest BCUT2D eigenvalue weighted by Crippen LogP contribution is 2.23. The Labute approximate surface area is 113 Å². The number of benzene rings is 1. The van der Waals surface area contributed by atoms with Gasteiger partial charge in [-0.15, -0.1) is 0 Å². The Hall–Kier alpha value is -2.34. The summed E-state index contributed by atoms with van der Waals surface area (Å²) < 4.78 is 0. The number of aliphatic hydroxyl groups is 1. The van der Waals surface area contributed by atoms with Crippen molar-refractivity contribution < 1.29 is 19.5 Å². The molecule has 0 atom stereocenters. The van der Waals surface area contributed by atoms with Crippen molar-refractivity contribution in [3.05, 3.63) is 40.6 Å². The largest absolute Gasteiger partial charge is 0.505 e. The minimum atomic E-state index is -0.818. The van der Waals surface area contributed by atoms with E-state index < -0.39 is 17.6 Å². The lowest BCUT2D eigenvalue weighted by Gasteiger charge is -2.16. The Morgan fingerprint density at radius 1 is 1.21 bits per heavy atom. The Morgan fingerprint density at radius 2 is 1.84 bits per heavy atom. The number of halogens is 1. The average Bonchev–Trinajstić information content (AvgIpc) is 2.36. The molecule has 1 aliphatic heterocycles. The monoisotopic (exact) mass is 280 g/mol. The Bertz CT molecular complexity index is 605. The van der Waals surface area contributed by atoms with Crippen LogP contribution in [-0.2, 0) is 14.4 Å². The van der Waals surface area contributed by atoms with Crippen LogP contribution in [0, 0.1) is 0 Å². The zero-order valence-electron chi connectivity index (χ0n) is 9.81. The second kappa shape index (κ2) is 5.11. The maximum atomic E-state index is 11.8. The molecule has 0 radical (unpaired) electrons. The molecule has 1 aromatic carbocycles. The molecule has 7 heteroatoms. The van der Waals surface area contributed by atoms with Gasteiger partial charge in [-0.25, -0.2) is 0 Å². The molecule has 6 nitrogen and oxygen atoms in total. The first kappa shape index (κ1) is 13.1. The van der Waals surface area contributed by atoms with Gasteiger partial charge >= 0.3 is 0 Å². The molecule has 2 amide bonds. The molecule has 19 heavy (non-hydrogen) atoms. The van der Waals surface area contributed by atoms with Gasteiger partial charge in [-0.3, -0.25) is 14.9 Å². The van der Waals surface area contributed by atoms with E-state index in [1.165, 1.54) is 7.11 Å². The summed E-state index contributed by atoms with van der Waals surface area (Å²) in [4.78, 5) is 27.7. The van der Waals surface area contributed by atoms with E-state index >= 15 is 0 Å². The molecule has 0 aliphatic carbocycles. The molecule has 0 spiro atoms. The molecular weight excluding hydrogens is 272 g/mol. The van der Waals surface area contributed by atoms with Gasteiger partial charge in [0.05, 0.1) is 5.57 Å². The number of oxime groups is 1. The average molecular weight is 281 g/mol. The summed E-state index contributed by atoms with van der Waals surface area (Å²) in [7, 11) is 1.23. The number of amides is 2. The molecule has 0 unspecified atom stereocenters. The lowest BCUT2D eigenvalue weighted by atomic mass is 9.99. The molecule has 0 saturated heterocycles. The maximum absolute atomic E-state index is 11.8. The minimum Gasteiger partial charge on any atom is -0.505 e. The van der Waals surface area contributed by atoms with Crippen molar-refractivity contribution in [3.8, 4) is 0 Å². The number of carbonyl (C=O) groups is 2. The zero-order chi connectivity index (χ0) is 14.0. The van der Waals surface area contributed by atoms with Gasteiger partial charge in [0.2, 0.25) is 5.71 Å². The molecule has 0 bridgehead atoms. The van der Waals surface area contributed by atoms with Crippen LogP contribution in [0.25, 0.3) is 5.57 Å². The molecular formula is C12H9ClN2O4. The summed E-state index contributed by atoms with van der Waals surface area (Å²) in [6.45, 7) is 0. The van der Waals surface area contributed by atoms with Gasteiger partial charge in [0.1, 0.15) is 7.11 Å². The molecule has 98 valence electrons. The summed E-state index contributed by atoms with van der Waals surface area (Å²) in [5.74, 6) is -2.06. The molecule has 1 aliphatic rings. The van der Waals surface area contributed by atoms with E-state index in [0.717, 1.165) is 0 Å². The molecule has 0 aromatic heterocycles. The summed E-state index contributed by atoms with van der Waals surface area (Å²) in [6.07, 6.45) is 0. The fraction of sp³-hybridized carbons (Fsp3) is 0.0833. The Balaban J connectivity index is 2.58. The SMILES string of the molecule is CO/N=C1\C(=O)NC(=O)C(c2ccc(Cl)cc2)=C1O. The third-order valence-corrected chi connectivity index (χ3v) is 2.70. The normalized spacial score (nSPS) is 17.7. The fourth-order valence-corrected chi connectivity index (χ4v) is 1.74. The van der Waals surface area contributed by atoms with Crippen LogP contribution in [0.5, 0.6) is 0 Å². The zero-order valence-corrected chi connectivity index (χ0v) is 10.6. The first-order valence-corrected chi connectivity index (χ1v) is 5.58. The van der Waals surface area contributed by atoms with E-state index in [9.17, 15) is 14.7 Å². The summed E-state index contributed by atoms with van der Waals surface area (Å²) in [6, 6.07) is 6.23. The number of nitrogens with one attached hydrogen (secondary N) is 1. The van der Waals surface area contributed by atoms with Gasteiger partial charge in [-0.1, -0.05) is 28.9 Å². The molecule has 1 aromatic rings. The molecule has 2 N–H and O–H groups in total. The van der Waals surface area contributed by atoms with Gasteiger partial charge in [-0.2, -0.15) is 0 Å². The van der Waals surface area contributed by atoms with Crippen LogP contribution >= 0.6 is 11.6 Å². The van der Waals surface area contributed by atoms with Crippen LogP contribution in [0.4, 0.5) is 0 Å². The van der Waals surface area contributed by atoms with Crippen LogP contribution < -0.4 is 5.32 Å². The number of aliphatic hydroxyl groups excluding tert-OH is 1. The molecule has 0 fully saturated rings. The van der Waals surface area contributed by atoms with Gasteiger partial charge in [-0.05, 0) is 17.7 Å². The molecule has 2 rings (SSSR count). The molecule has 0 saturated carbocycles. The summed E-state index contributed by atoms with van der Waals surface area (Å²) in [5, 5.41) is 15.9. The van der Waals surface area contributed by atoms with Crippen molar-refractivity contribution in [2.24, 2.45) is 5.16 Å². The van der Waals surface area contributed by atoms with Crippen molar-refractivity contribution in [1.29, 1.82) is 0 Å². The molecule has 1 heterocycles. The first-order valence-electron chi connectivity index (χ1n) is 5.21. The minimum absolute atomic E-state index is 0.0629. The highest BCUT2D eigenvalue weighted by molar-refractivity contribution is 6.54. The maximum Gasteiger partial charge on any atom is 0.284 e. The highest BCUT2D eigenvalue weighted by atomic mass is 35.5. The number of carbonyl (C=O) groups excluding carboxylic acids is 2. The lowest BCUT2D eigenvalue weighted by molar-refractivity contribution is -0.124.